The molecular weight excluding hydrogens is 272 g/mol. The molecule has 20 heavy (non-hydrogen) atoms. The third-order valence-corrected chi connectivity index (χ3v) is 4.36. The molecule has 2 heterocycles. The minimum Gasteiger partial charge on any atom is -0.358 e. The maximum absolute atomic E-state index is 11.8. The molecule has 102 valence electrons. The Bertz CT molecular complexity index is 678. The number of rotatable bonds is 2. The molecule has 0 saturated carbocycles. The zero-order chi connectivity index (χ0) is 14.1. The van der Waals surface area contributed by atoms with Gasteiger partial charge >= 0.3 is 0 Å². The van der Waals surface area contributed by atoms with Gasteiger partial charge in [-0.1, -0.05) is 42.1 Å². The smallest absolute Gasteiger partial charge is 0.239 e. The van der Waals surface area contributed by atoms with Gasteiger partial charge in [-0.2, -0.15) is 5.10 Å². The molecule has 5 nitrogen and oxygen atoms in total. The highest BCUT2D eigenvalue weighted by atomic mass is 32.2. The summed E-state index contributed by atoms with van der Waals surface area (Å²) in [7, 11) is 1.63. The van der Waals surface area contributed by atoms with Crippen LogP contribution in [0.3, 0.4) is 0 Å². The van der Waals surface area contributed by atoms with Gasteiger partial charge in [-0.05, 0) is 6.92 Å². The summed E-state index contributed by atoms with van der Waals surface area (Å²) in [6.07, 6.45) is 1.89. The molecule has 2 aromatic rings. The van der Waals surface area contributed by atoms with Crippen molar-refractivity contribution in [2.24, 2.45) is 5.10 Å². The largest absolute Gasteiger partial charge is 0.358 e. The van der Waals surface area contributed by atoms with Crippen LogP contribution in [0.1, 0.15) is 6.92 Å². The summed E-state index contributed by atoms with van der Waals surface area (Å²) in [6.45, 7) is 1.86. The molecule has 1 unspecified atom stereocenters. The van der Waals surface area contributed by atoms with E-state index in [9.17, 15) is 4.79 Å². The summed E-state index contributed by atoms with van der Waals surface area (Å²) in [5.41, 5.74) is 2.68. The molecule has 0 radical (unpaired) electrons. The van der Waals surface area contributed by atoms with Gasteiger partial charge in [-0.15, -0.1) is 0 Å². The third kappa shape index (κ3) is 2.22. The van der Waals surface area contributed by atoms with Crippen molar-refractivity contribution in [3.63, 3.8) is 0 Å². The quantitative estimate of drug-likeness (QED) is 0.918. The average Bonchev–Trinajstić information content (AvgIpc) is 2.89. The Morgan fingerprint density at radius 1 is 1.35 bits per heavy atom. The second kappa shape index (κ2) is 5.13. The van der Waals surface area contributed by atoms with E-state index in [1.165, 1.54) is 11.8 Å². The van der Waals surface area contributed by atoms with Gasteiger partial charge in [0.05, 0.1) is 17.6 Å². The molecule has 0 spiro atoms. The number of fused-ring (bicyclic) bond motifs is 1. The van der Waals surface area contributed by atoms with Crippen molar-refractivity contribution < 1.29 is 4.79 Å². The summed E-state index contributed by atoms with van der Waals surface area (Å²) in [5, 5.41) is 7.52. The van der Waals surface area contributed by atoms with Gasteiger partial charge in [-0.25, -0.2) is 9.66 Å². The lowest BCUT2D eigenvalue weighted by Gasteiger charge is -2.18. The van der Waals surface area contributed by atoms with Crippen LogP contribution in [-0.2, 0) is 4.79 Å². The minimum absolute atomic E-state index is 0.0493. The maximum Gasteiger partial charge on any atom is 0.239 e. The van der Waals surface area contributed by atoms with Crippen LogP contribution < -0.4 is 5.32 Å². The number of thioether (sulfide) groups is 1. The molecule has 1 aromatic heterocycles. The number of amides is 1. The van der Waals surface area contributed by atoms with E-state index in [-0.39, 0.29) is 11.2 Å². The third-order valence-electron chi connectivity index (χ3n) is 3.08. The summed E-state index contributed by atoms with van der Waals surface area (Å²) >= 11 is 1.42. The molecule has 1 amide bonds. The van der Waals surface area contributed by atoms with Crippen LogP contribution in [0, 0.1) is 0 Å². The predicted molar refractivity (Wildman–Crippen MR) is 79.9 cm³/mol. The second-order valence-electron chi connectivity index (χ2n) is 4.47. The molecule has 0 aliphatic carbocycles. The number of imidazole rings is 1. The van der Waals surface area contributed by atoms with E-state index in [1.807, 2.05) is 43.5 Å². The molecule has 1 aromatic carbocycles. The molecule has 0 fully saturated rings. The Kier molecular flexibility index (Phi) is 3.31. The van der Waals surface area contributed by atoms with Gasteiger partial charge in [0.2, 0.25) is 5.91 Å². The average molecular weight is 286 g/mol. The Labute approximate surface area is 121 Å². The van der Waals surface area contributed by atoms with E-state index in [0.29, 0.717) is 0 Å². The number of hydrogen-bond acceptors (Lipinski definition) is 4. The molecule has 0 bridgehead atoms. The van der Waals surface area contributed by atoms with Crippen molar-refractivity contribution in [3.05, 3.63) is 36.5 Å². The monoisotopic (exact) mass is 286 g/mol. The summed E-state index contributed by atoms with van der Waals surface area (Å²) < 4.78 is 1.74. The standard InChI is InChI=1S/C14H14N4OS/c1-9-12(13(19)15-2)20-14-16-11(8-18(14)17-9)10-6-4-3-5-7-10/h3-8,12H,1-2H3,(H,15,19). The van der Waals surface area contributed by atoms with Gasteiger partial charge in [0.15, 0.2) is 5.16 Å². The number of carbonyl (C=O) groups is 1. The van der Waals surface area contributed by atoms with E-state index in [2.05, 4.69) is 15.4 Å². The van der Waals surface area contributed by atoms with Crippen molar-refractivity contribution >= 4 is 23.4 Å². The lowest BCUT2D eigenvalue weighted by molar-refractivity contribution is -0.119. The fraction of sp³-hybridized carbons (Fsp3) is 0.214. The highest BCUT2D eigenvalue weighted by molar-refractivity contribution is 8.01. The SMILES string of the molecule is CNC(=O)C1Sc2nc(-c3ccccc3)cn2N=C1C. The Morgan fingerprint density at radius 3 is 2.80 bits per heavy atom. The number of benzene rings is 1. The van der Waals surface area contributed by atoms with Crippen LogP contribution in [0.4, 0.5) is 0 Å². The minimum atomic E-state index is -0.307. The maximum atomic E-state index is 11.8. The van der Waals surface area contributed by atoms with E-state index < -0.39 is 0 Å². The van der Waals surface area contributed by atoms with E-state index in [1.54, 1.807) is 11.7 Å². The Balaban J connectivity index is 1.96. The van der Waals surface area contributed by atoms with E-state index >= 15 is 0 Å². The first-order chi connectivity index (χ1) is 9.69. The molecule has 1 aliphatic rings. The molecule has 1 atom stereocenters. The van der Waals surface area contributed by atoms with Crippen LogP contribution in [-0.4, -0.2) is 33.6 Å². The zero-order valence-corrected chi connectivity index (χ0v) is 12.0. The summed E-state index contributed by atoms with van der Waals surface area (Å²) in [5.74, 6) is -0.0493. The normalized spacial score (nSPS) is 17.3. The number of nitrogens with zero attached hydrogens (tertiary/aromatic N) is 3. The van der Waals surface area contributed by atoms with Crippen molar-refractivity contribution in [3.8, 4) is 11.3 Å². The topological polar surface area (TPSA) is 59.3 Å². The van der Waals surface area contributed by atoms with Gasteiger partial charge in [0.1, 0.15) is 5.25 Å². The van der Waals surface area contributed by atoms with Crippen LogP contribution in [0.25, 0.3) is 11.3 Å². The summed E-state index contributed by atoms with van der Waals surface area (Å²) in [6, 6.07) is 9.93. The highest BCUT2D eigenvalue weighted by Gasteiger charge is 2.28. The number of nitrogens with one attached hydrogen (secondary N) is 1. The molecule has 1 N–H and O–H groups in total. The molecule has 0 saturated heterocycles. The lowest BCUT2D eigenvalue weighted by atomic mass is 10.2. The molecule has 6 heteroatoms. The van der Waals surface area contributed by atoms with Gasteiger partial charge in [-0.3, -0.25) is 4.79 Å². The highest BCUT2D eigenvalue weighted by Crippen LogP contribution is 2.31. The van der Waals surface area contributed by atoms with Crippen LogP contribution >= 0.6 is 11.8 Å². The molecule has 1 aliphatic heterocycles. The first-order valence-corrected chi connectivity index (χ1v) is 7.15. The molecule has 3 rings (SSSR count). The fourth-order valence-corrected chi connectivity index (χ4v) is 3.05. The lowest BCUT2D eigenvalue weighted by Crippen LogP contribution is -2.36. The van der Waals surface area contributed by atoms with Crippen LogP contribution in [0.5, 0.6) is 0 Å². The van der Waals surface area contributed by atoms with Gasteiger partial charge in [0, 0.05) is 12.6 Å². The zero-order valence-electron chi connectivity index (χ0n) is 11.2. The van der Waals surface area contributed by atoms with Crippen molar-refractivity contribution in [1.29, 1.82) is 0 Å². The van der Waals surface area contributed by atoms with Crippen molar-refractivity contribution in [2.75, 3.05) is 7.05 Å². The Hall–Kier alpha value is -2.08. The Morgan fingerprint density at radius 2 is 2.10 bits per heavy atom. The second-order valence-corrected chi connectivity index (χ2v) is 5.55. The van der Waals surface area contributed by atoms with Crippen LogP contribution in [0.2, 0.25) is 0 Å². The molecular formula is C14H14N4OS. The summed E-state index contributed by atoms with van der Waals surface area (Å²) in [4.78, 5) is 16.4. The van der Waals surface area contributed by atoms with Crippen molar-refractivity contribution in [1.82, 2.24) is 15.0 Å². The number of carbonyl (C=O) groups excluding carboxylic acids is 1. The van der Waals surface area contributed by atoms with Crippen LogP contribution in [0.15, 0.2) is 46.8 Å². The first kappa shape index (κ1) is 12.9. The number of hydrogen-bond donors (Lipinski definition) is 1. The predicted octanol–water partition coefficient (Wildman–Crippen LogP) is 1.99. The fourth-order valence-electron chi connectivity index (χ4n) is 2.04. The van der Waals surface area contributed by atoms with Gasteiger partial charge in [0.25, 0.3) is 0 Å². The first-order valence-electron chi connectivity index (χ1n) is 6.27. The number of aromatic nitrogens is 2. The van der Waals surface area contributed by atoms with Crippen molar-refractivity contribution in [2.45, 2.75) is 17.3 Å². The van der Waals surface area contributed by atoms with Gasteiger partial charge < -0.3 is 5.32 Å². The van der Waals surface area contributed by atoms with E-state index in [4.69, 9.17) is 0 Å². The van der Waals surface area contributed by atoms with E-state index in [0.717, 1.165) is 22.1 Å².